The highest BCUT2D eigenvalue weighted by Crippen LogP contribution is 2.35. The van der Waals surface area contributed by atoms with Crippen molar-refractivity contribution in [2.75, 3.05) is 20.8 Å². The highest BCUT2D eigenvalue weighted by Gasteiger charge is 2.36. The Hall–Kier alpha value is -1.13. The molecule has 0 aliphatic heterocycles. The van der Waals surface area contributed by atoms with E-state index in [1.54, 1.807) is 20.4 Å². The van der Waals surface area contributed by atoms with Gasteiger partial charge in [-0.2, -0.15) is 0 Å². The lowest BCUT2D eigenvalue weighted by Gasteiger charge is -2.39. The summed E-state index contributed by atoms with van der Waals surface area (Å²) < 4.78 is 11.2. The van der Waals surface area contributed by atoms with E-state index < -0.39 is 0 Å². The van der Waals surface area contributed by atoms with Gasteiger partial charge >= 0.3 is 0 Å². The third-order valence-electron chi connectivity index (χ3n) is 4.03. The summed E-state index contributed by atoms with van der Waals surface area (Å²) in [5.74, 6) is 0.781. The van der Waals surface area contributed by atoms with E-state index in [-0.39, 0.29) is 11.6 Å². The Bertz CT molecular complexity index is 384. The van der Waals surface area contributed by atoms with Gasteiger partial charge in [-0.05, 0) is 37.4 Å². The van der Waals surface area contributed by atoms with Crippen LogP contribution >= 0.6 is 0 Å². The van der Waals surface area contributed by atoms with Gasteiger partial charge in [0.1, 0.15) is 5.75 Å². The molecule has 114 valence electrons. The number of hydrogen-bond donors (Lipinski definition) is 1. The van der Waals surface area contributed by atoms with Crippen molar-refractivity contribution in [3.05, 3.63) is 24.0 Å². The predicted molar refractivity (Wildman–Crippen MR) is 82.1 cm³/mol. The summed E-state index contributed by atoms with van der Waals surface area (Å²) in [6.07, 6.45) is 6.60. The fourth-order valence-corrected chi connectivity index (χ4v) is 2.67. The third-order valence-corrected chi connectivity index (χ3v) is 4.03. The molecule has 20 heavy (non-hydrogen) atoms. The minimum Gasteiger partial charge on any atom is -0.495 e. The summed E-state index contributed by atoms with van der Waals surface area (Å²) in [7, 11) is 3.46. The van der Waals surface area contributed by atoms with Crippen LogP contribution in [0.25, 0.3) is 0 Å². The lowest BCUT2D eigenvalue weighted by atomic mass is 9.84. The second-order valence-corrected chi connectivity index (χ2v) is 5.02. The number of nitrogens with one attached hydrogen (secondary N) is 1. The molecule has 0 bridgehead atoms. The summed E-state index contributed by atoms with van der Waals surface area (Å²) >= 11 is 0. The highest BCUT2D eigenvalue weighted by atomic mass is 16.5. The van der Waals surface area contributed by atoms with Crippen LogP contribution in [-0.2, 0) is 4.74 Å². The molecule has 0 saturated carbocycles. The third kappa shape index (κ3) is 3.70. The summed E-state index contributed by atoms with van der Waals surface area (Å²) in [5.41, 5.74) is 0.895. The average Bonchev–Trinajstić information content (AvgIpc) is 2.52. The first kappa shape index (κ1) is 16.9. The van der Waals surface area contributed by atoms with E-state index in [0.717, 1.165) is 37.1 Å². The number of aromatic nitrogens is 1. The van der Waals surface area contributed by atoms with Gasteiger partial charge in [-0.3, -0.25) is 4.98 Å². The fraction of sp³-hybridized carbons (Fsp3) is 0.688. The number of ether oxygens (including phenoxy) is 2. The standard InChI is InChI=1S/C16H28N2O2/c1-6-9-18-15(16(7-2,8-3)20-5)13-10-14(19-4)12-17-11-13/h10-12,15,18H,6-9H2,1-5H3. The molecule has 1 aromatic heterocycles. The molecule has 0 fully saturated rings. The average molecular weight is 280 g/mol. The van der Waals surface area contributed by atoms with Crippen LogP contribution in [0.3, 0.4) is 0 Å². The van der Waals surface area contributed by atoms with Gasteiger partial charge in [-0.25, -0.2) is 0 Å². The molecule has 0 radical (unpaired) electrons. The van der Waals surface area contributed by atoms with Crippen LogP contribution in [0.4, 0.5) is 0 Å². The Kier molecular flexibility index (Phi) is 6.96. The van der Waals surface area contributed by atoms with Crippen molar-refractivity contribution in [2.45, 2.75) is 51.7 Å². The van der Waals surface area contributed by atoms with Crippen LogP contribution in [0.5, 0.6) is 5.75 Å². The Balaban J connectivity index is 3.15. The molecule has 1 heterocycles. The highest BCUT2D eigenvalue weighted by molar-refractivity contribution is 5.28. The first-order chi connectivity index (χ1) is 9.67. The molecule has 0 aromatic carbocycles. The van der Waals surface area contributed by atoms with Crippen LogP contribution in [0.1, 0.15) is 51.6 Å². The molecule has 0 aliphatic rings. The van der Waals surface area contributed by atoms with Gasteiger partial charge in [-0.15, -0.1) is 0 Å². The first-order valence-electron chi connectivity index (χ1n) is 7.44. The molecule has 1 rings (SSSR count). The molecule has 1 aromatic rings. The molecule has 1 unspecified atom stereocenters. The molecule has 0 amide bonds. The molecule has 4 nitrogen and oxygen atoms in total. The Morgan fingerprint density at radius 2 is 1.90 bits per heavy atom. The zero-order chi connectivity index (χ0) is 15.0. The van der Waals surface area contributed by atoms with Crippen LogP contribution in [0.2, 0.25) is 0 Å². The Morgan fingerprint density at radius 1 is 1.20 bits per heavy atom. The zero-order valence-corrected chi connectivity index (χ0v) is 13.4. The van der Waals surface area contributed by atoms with E-state index in [4.69, 9.17) is 9.47 Å². The summed E-state index contributed by atoms with van der Waals surface area (Å²) in [6.45, 7) is 7.45. The molecule has 4 heteroatoms. The minimum absolute atomic E-state index is 0.116. The number of rotatable bonds is 9. The van der Waals surface area contributed by atoms with Crippen molar-refractivity contribution < 1.29 is 9.47 Å². The van der Waals surface area contributed by atoms with Crippen LogP contribution < -0.4 is 10.1 Å². The van der Waals surface area contributed by atoms with Crippen LogP contribution in [-0.4, -0.2) is 31.3 Å². The van der Waals surface area contributed by atoms with E-state index in [1.807, 2.05) is 12.3 Å². The maximum Gasteiger partial charge on any atom is 0.137 e. The van der Waals surface area contributed by atoms with Crippen molar-refractivity contribution in [1.82, 2.24) is 10.3 Å². The quantitative estimate of drug-likeness (QED) is 0.753. The number of nitrogens with zero attached hydrogens (tertiary/aromatic N) is 1. The van der Waals surface area contributed by atoms with Gasteiger partial charge < -0.3 is 14.8 Å². The topological polar surface area (TPSA) is 43.4 Å². The number of methoxy groups -OCH3 is 2. The van der Waals surface area contributed by atoms with E-state index >= 15 is 0 Å². The van der Waals surface area contributed by atoms with E-state index in [1.165, 1.54) is 0 Å². The van der Waals surface area contributed by atoms with Crippen LogP contribution in [0, 0.1) is 0 Å². The number of hydrogen-bond acceptors (Lipinski definition) is 4. The molecular formula is C16H28N2O2. The van der Waals surface area contributed by atoms with Gasteiger partial charge in [0.05, 0.1) is 24.9 Å². The molecule has 0 spiro atoms. The Morgan fingerprint density at radius 3 is 2.40 bits per heavy atom. The molecule has 0 saturated heterocycles. The molecule has 1 atom stereocenters. The molecule has 1 N–H and O–H groups in total. The summed E-state index contributed by atoms with van der Waals surface area (Å²) in [6, 6.07) is 2.16. The van der Waals surface area contributed by atoms with Gasteiger partial charge in [0.25, 0.3) is 0 Å². The minimum atomic E-state index is -0.219. The van der Waals surface area contributed by atoms with E-state index in [9.17, 15) is 0 Å². The first-order valence-corrected chi connectivity index (χ1v) is 7.44. The zero-order valence-electron chi connectivity index (χ0n) is 13.4. The fourth-order valence-electron chi connectivity index (χ4n) is 2.67. The molecule has 0 aliphatic carbocycles. The maximum absolute atomic E-state index is 5.89. The Labute approximate surface area is 122 Å². The lowest BCUT2D eigenvalue weighted by Crippen LogP contribution is -2.45. The van der Waals surface area contributed by atoms with Crippen molar-refractivity contribution in [2.24, 2.45) is 0 Å². The van der Waals surface area contributed by atoms with Gasteiger partial charge in [0.2, 0.25) is 0 Å². The van der Waals surface area contributed by atoms with Gasteiger partial charge in [0.15, 0.2) is 0 Å². The lowest BCUT2D eigenvalue weighted by molar-refractivity contribution is -0.0486. The van der Waals surface area contributed by atoms with Crippen molar-refractivity contribution in [3.63, 3.8) is 0 Å². The van der Waals surface area contributed by atoms with Crippen molar-refractivity contribution in [1.29, 1.82) is 0 Å². The largest absolute Gasteiger partial charge is 0.495 e. The summed E-state index contributed by atoms with van der Waals surface area (Å²) in [5, 5.41) is 3.61. The number of pyridine rings is 1. The second kappa shape index (κ2) is 8.22. The predicted octanol–water partition coefficient (Wildman–Crippen LogP) is 3.34. The van der Waals surface area contributed by atoms with Gasteiger partial charge in [-0.1, -0.05) is 20.8 Å². The SMILES string of the molecule is CCCNC(c1cncc(OC)c1)C(CC)(CC)OC. The monoisotopic (exact) mass is 280 g/mol. The van der Waals surface area contributed by atoms with Crippen molar-refractivity contribution >= 4 is 0 Å². The normalized spacial score (nSPS) is 13.2. The maximum atomic E-state index is 5.89. The molecular weight excluding hydrogens is 252 g/mol. The van der Waals surface area contributed by atoms with E-state index in [2.05, 4.69) is 31.1 Å². The van der Waals surface area contributed by atoms with Crippen molar-refractivity contribution in [3.8, 4) is 5.75 Å². The van der Waals surface area contributed by atoms with E-state index in [0.29, 0.717) is 0 Å². The van der Waals surface area contributed by atoms with Gasteiger partial charge in [0, 0.05) is 13.3 Å². The van der Waals surface area contributed by atoms with Crippen LogP contribution in [0.15, 0.2) is 18.5 Å². The second-order valence-electron chi connectivity index (χ2n) is 5.02. The smallest absolute Gasteiger partial charge is 0.137 e. The summed E-state index contributed by atoms with van der Waals surface area (Å²) in [4.78, 5) is 4.28.